The third-order valence-electron chi connectivity index (χ3n) is 2.38. The van der Waals surface area contributed by atoms with Gasteiger partial charge in [-0.3, -0.25) is 4.79 Å². The maximum Gasteiger partial charge on any atom is 0.255 e. The number of rotatable bonds is 1. The molecule has 1 saturated heterocycles. The molecule has 1 aromatic rings. The van der Waals surface area contributed by atoms with E-state index in [4.69, 9.17) is 23.2 Å². The smallest absolute Gasteiger partial charge is 0.255 e. The van der Waals surface area contributed by atoms with Crippen LogP contribution in [0.2, 0.25) is 10.0 Å². The van der Waals surface area contributed by atoms with E-state index in [1.54, 1.807) is 18.2 Å². The molecule has 0 aliphatic carbocycles. The molecule has 0 aromatic heterocycles. The summed E-state index contributed by atoms with van der Waals surface area (Å²) < 4.78 is 0. The Hall–Kier alpha value is -0.770. The third-order valence-corrected chi connectivity index (χ3v) is 2.92. The molecule has 1 N–H and O–H groups in total. The van der Waals surface area contributed by atoms with Crippen LogP contribution in [0.3, 0.4) is 0 Å². The number of aliphatic hydroxyl groups excluding tert-OH is 1. The average molecular weight is 246 g/mol. The summed E-state index contributed by atoms with van der Waals surface area (Å²) in [6.45, 7) is 0.487. The van der Waals surface area contributed by atoms with Gasteiger partial charge in [-0.15, -0.1) is 0 Å². The standard InChI is InChI=1S/C10H9Cl2NO2/c11-6-1-2-8(7(12)5-6)13-4-3-9(14)10(13)15/h1-2,5,9,14H,3-4H2. The molecule has 0 radical (unpaired) electrons. The van der Waals surface area contributed by atoms with E-state index in [-0.39, 0.29) is 5.91 Å². The van der Waals surface area contributed by atoms with E-state index < -0.39 is 6.10 Å². The van der Waals surface area contributed by atoms with Crippen LogP contribution in [0.5, 0.6) is 0 Å². The lowest BCUT2D eigenvalue weighted by Gasteiger charge is -2.17. The highest BCUT2D eigenvalue weighted by Gasteiger charge is 2.31. The second kappa shape index (κ2) is 4.00. The Morgan fingerprint density at radius 2 is 2.13 bits per heavy atom. The Kier molecular flexibility index (Phi) is 2.87. The van der Waals surface area contributed by atoms with Crippen molar-refractivity contribution in [1.29, 1.82) is 0 Å². The second-order valence-electron chi connectivity index (χ2n) is 3.39. The molecular formula is C10H9Cl2NO2. The minimum atomic E-state index is -0.906. The van der Waals surface area contributed by atoms with Gasteiger partial charge >= 0.3 is 0 Å². The van der Waals surface area contributed by atoms with Crippen LogP contribution in [0.25, 0.3) is 0 Å². The first kappa shape index (κ1) is 10.7. The minimum absolute atomic E-state index is 0.306. The Morgan fingerprint density at radius 1 is 1.40 bits per heavy atom. The summed E-state index contributed by atoms with van der Waals surface area (Å²) in [7, 11) is 0. The van der Waals surface area contributed by atoms with Crippen LogP contribution in [0.15, 0.2) is 18.2 Å². The van der Waals surface area contributed by atoms with Crippen molar-refractivity contribution in [1.82, 2.24) is 0 Å². The van der Waals surface area contributed by atoms with Gasteiger partial charge in [-0.1, -0.05) is 23.2 Å². The molecule has 1 amide bonds. The molecule has 80 valence electrons. The van der Waals surface area contributed by atoms with Gasteiger partial charge in [-0.2, -0.15) is 0 Å². The summed E-state index contributed by atoms with van der Waals surface area (Å²) in [5, 5.41) is 10.3. The van der Waals surface area contributed by atoms with Crippen molar-refractivity contribution in [3.05, 3.63) is 28.2 Å². The first-order valence-electron chi connectivity index (χ1n) is 4.54. The zero-order chi connectivity index (χ0) is 11.0. The highest BCUT2D eigenvalue weighted by Crippen LogP contribution is 2.31. The lowest BCUT2D eigenvalue weighted by molar-refractivity contribution is -0.123. The van der Waals surface area contributed by atoms with E-state index in [0.717, 1.165) is 0 Å². The predicted octanol–water partition coefficient (Wildman–Crippen LogP) is 2.09. The van der Waals surface area contributed by atoms with Gasteiger partial charge in [-0.25, -0.2) is 0 Å². The summed E-state index contributed by atoms with van der Waals surface area (Å²) in [5.41, 5.74) is 0.600. The maximum absolute atomic E-state index is 11.5. The summed E-state index contributed by atoms with van der Waals surface area (Å²) >= 11 is 11.7. The molecule has 0 saturated carbocycles. The van der Waals surface area contributed by atoms with Gasteiger partial charge in [0.05, 0.1) is 10.7 Å². The molecule has 3 nitrogen and oxygen atoms in total. The number of benzene rings is 1. The van der Waals surface area contributed by atoms with Gasteiger partial charge in [0.25, 0.3) is 5.91 Å². The molecule has 2 rings (SSSR count). The van der Waals surface area contributed by atoms with E-state index in [2.05, 4.69) is 0 Å². The topological polar surface area (TPSA) is 40.5 Å². The second-order valence-corrected chi connectivity index (χ2v) is 4.23. The zero-order valence-electron chi connectivity index (χ0n) is 7.78. The SMILES string of the molecule is O=C1C(O)CCN1c1ccc(Cl)cc1Cl. The number of halogens is 2. The third kappa shape index (κ3) is 1.95. The highest BCUT2D eigenvalue weighted by atomic mass is 35.5. The molecule has 1 heterocycles. The largest absolute Gasteiger partial charge is 0.383 e. The number of nitrogens with zero attached hydrogens (tertiary/aromatic N) is 1. The van der Waals surface area contributed by atoms with Crippen LogP contribution < -0.4 is 4.90 Å². The van der Waals surface area contributed by atoms with Crippen molar-refractivity contribution >= 4 is 34.8 Å². The normalized spacial score (nSPS) is 21.1. The van der Waals surface area contributed by atoms with E-state index in [1.165, 1.54) is 4.90 Å². The lowest BCUT2D eigenvalue weighted by Crippen LogP contribution is -2.29. The van der Waals surface area contributed by atoms with Gasteiger partial charge in [0, 0.05) is 18.0 Å². The summed E-state index contributed by atoms with van der Waals surface area (Å²) in [5.74, 6) is -0.306. The number of carbonyl (C=O) groups excluding carboxylic acids is 1. The monoisotopic (exact) mass is 245 g/mol. The van der Waals surface area contributed by atoms with Crippen LogP contribution >= 0.6 is 23.2 Å². The molecule has 1 aromatic carbocycles. The fourth-order valence-electron chi connectivity index (χ4n) is 1.60. The van der Waals surface area contributed by atoms with E-state index >= 15 is 0 Å². The minimum Gasteiger partial charge on any atom is -0.383 e. The highest BCUT2D eigenvalue weighted by molar-refractivity contribution is 6.36. The Morgan fingerprint density at radius 3 is 2.67 bits per heavy atom. The molecule has 1 aliphatic rings. The number of amides is 1. The van der Waals surface area contributed by atoms with Gasteiger partial charge in [0.15, 0.2) is 0 Å². The van der Waals surface area contributed by atoms with Gasteiger partial charge in [-0.05, 0) is 18.2 Å². The Labute approximate surface area is 97.2 Å². The molecule has 5 heteroatoms. The Bertz CT molecular complexity index is 408. The fraction of sp³-hybridized carbons (Fsp3) is 0.300. The van der Waals surface area contributed by atoms with Crippen LogP contribution in [-0.2, 0) is 4.79 Å². The number of hydrogen-bond acceptors (Lipinski definition) is 2. The zero-order valence-corrected chi connectivity index (χ0v) is 9.29. The van der Waals surface area contributed by atoms with Crippen LogP contribution in [-0.4, -0.2) is 23.7 Å². The number of anilines is 1. The van der Waals surface area contributed by atoms with Crippen molar-refractivity contribution in [2.45, 2.75) is 12.5 Å². The van der Waals surface area contributed by atoms with Gasteiger partial charge in [0.1, 0.15) is 6.10 Å². The average Bonchev–Trinajstić information content (AvgIpc) is 2.49. The summed E-state index contributed by atoms with van der Waals surface area (Å²) in [6, 6.07) is 4.93. The van der Waals surface area contributed by atoms with Crippen molar-refractivity contribution < 1.29 is 9.90 Å². The first-order valence-corrected chi connectivity index (χ1v) is 5.29. The van der Waals surface area contributed by atoms with Crippen molar-refractivity contribution in [3.63, 3.8) is 0 Å². The summed E-state index contributed by atoms with van der Waals surface area (Å²) in [6.07, 6.45) is -0.464. The predicted molar refractivity (Wildman–Crippen MR) is 59.4 cm³/mol. The molecule has 0 spiro atoms. The lowest BCUT2D eigenvalue weighted by atomic mass is 10.3. The molecule has 0 bridgehead atoms. The van der Waals surface area contributed by atoms with E-state index in [9.17, 15) is 9.90 Å². The first-order chi connectivity index (χ1) is 7.09. The van der Waals surface area contributed by atoms with Crippen molar-refractivity contribution in [3.8, 4) is 0 Å². The fourth-order valence-corrected chi connectivity index (χ4v) is 2.11. The Balaban J connectivity index is 2.34. The summed E-state index contributed by atoms with van der Waals surface area (Å²) in [4.78, 5) is 13.0. The molecular weight excluding hydrogens is 237 g/mol. The van der Waals surface area contributed by atoms with Gasteiger partial charge < -0.3 is 10.0 Å². The van der Waals surface area contributed by atoms with Gasteiger partial charge in [0.2, 0.25) is 0 Å². The molecule has 1 fully saturated rings. The van der Waals surface area contributed by atoms with Crippen molar-refractivity contribution in [2.75, 3.05) is 11.4 Å². The number of aliphatic hydroxyl groups is 1. The van der Waals surface area contributed by atoms with Crippen LogP contribution in [0.4, 0.5) is 5.69 Å². The quantitative estimate of drug-likeness (QED) is 0.824. The maximum atomic E-state index is 11.5. The molecule has 1 atom stereocenters. The van der Waals surface area contributed by atoms with Crippen molar-refractivity contribution in [2.24, 2.45) is 0 Å². The molecule has 1 unspecified atom stereocenters. The molecule has 1 aliphatic heterocycles. The number of hydrogen-bond donors (Lipinski definition) is 1. The van der Waals surface area contributed by atoms with E-state index in [0.29, 0.717) is 28.7 Å². The van der Waals surface area contributed by atoms with Crippen LogP contribution in [0, 0.1) is 0 Å². The van der Waals surface area contributed by atoms with Crippen LogP contribution in [0.1, 0.15) is 6.42 Å². The van der Waals surface area contributed by atoms with E-state index in [1.807, 2.05) is 0 Å². The molecule has 15 heavy (non-hydrogen) atoms. The number of carbonyl (C=O) groups is 1.